The Kier molecular flexibility index (Phi) is 5.33. The first-order valence-corrected chi connectivity index (χ1v) is 8.04. The number of phenols is 1. The highest BCUT2D eigenvalue weighted by molar-refractivity contribution is 6.33. The Morgan fingerprint density at radius 3 is 2.56 bits per heavy atom. The average molecular weight is 362 g/mol. The van der Waals surface area contributed by atoms with Crippen LogP contribution in [0.5, 0.6) is 5.75 Å². The summed E-state index contributed by atoms with van der Waals surface area (Å²) < 4.78 is 0. The monoisotopic (exact) mass is 361 g/mol. The largest absolute Gasteiger partial charge is 0.506 e. The minimum Gasteiger partial charge on any atom is -0.506 e. The first-order valence-electron chi connectivity index (χ1n) is 7.66. The maximum Gasteiger partial charge on any atom is 0.267 e. The van der Waals surface area contributed by atoms with E-state index in [1.165, 1.54) is 18.3 Å². The van der Waals surface area contributed by atoms with Gasteiger partial charge in [0.25, 0.3) is 5.91 Å². The molecule has 6 nitrogen and oxygen atoms in total. The highest BCUT2D eigenvalue weighted by Gasteiger charge is 2.29. The molecule has 0 saturated heterocycles. The van der Waals surface area contributed by atoms with Crippen molar-refractivity contribution >= 4 is 29.1 Å². The summed E-state index contributed by atoms with van der Waals surface area (Å²) in [5.41, 5.74) is 5.83. The Morgan fingerprint density at radius 2 is 1.96 bits per heavy atom. The normalized spacial score (nSPS) is 11.2. The third-order valence-electron chi connectivity index (χ3n) is 3.57. The zero-order chi connectivity index (χ0) is 18.8. The van der Waals surface area contributed by atoms with E-state index in [1.807, 2.05) is 20.8 Å². The average Bonchev–Trinajstić information content (AvgIpc) is 2.51. The molecule has 0 radical (unpaired) electrons. The number of benzene rings is 1. The van der Waals surface area contributed by atoms with Crippen molar-refractivity contribution in [2.45, 2.75) is 32.7 Å². The van der Waals surface area contributed by atoms with E-state index < -0.39 is 11.4 Å². The number of nitrogens with zero attached hydrogens (tertiary/aromatic N) is 2. The van der Waals surface area contributed by atoms with Gasteiger partial charge in [0, 0.05) is 17.4 Å². The molecule has 0 aliphatic carbocycles. The number of nitrogens with two attached hydrogens (primary N) is 1. The van der Waals surface area contributed by atoms with Gasteiger partial charge >= 0.3 is 0 Å². The lowest BCUT2D eigenvalue weighted by Gasteiger charge is -2.36. The van der Waals surface area contributed by atoms with Gasteiger partial charge in [-0.05, 0) is 44.5 Å². The molecule has 3 N–H and O–H groups in total. The number of anilines is 1. The van der Waals surface area contributed by atoms with Crippen LogP contribution in [0.3, 0.4) is 0 Å². The summed E-state index contributed by atoms with van der Waals surface area (Å²) in [6.45, 7) is 5.62. The number of hydrogen-bond acceptors (Lipinski definition) is 4. The lowest BCUT2D eigenvalue weighted by molar-refractivity contribution is -0.118. The third kappa shape index (κ3) is 4.28. The van der Waals surface area contributed by atoms with E-state index in [4.69, 9.17) is 17.3 Å². The molecule has 1 aromatic carbocycles. The van der Waals surface area contributed by atoms with E-state index >= 15 is 0 Å². The number of hydrogen-bond donors (Lipinski definition) is 2. The van der Waals surface area contributed by atoms with Crippen LogP contribution < -0.4 is 10.6 Å². The van der Waals surface area contributed by atoms with Crippen molar-refractivity contribution in [2.75, 3.05) is 4.90 Å². The van der Waals surface area contributed by atoms with E-state index in [-0.39, 0.29) is 28.8 Å². The summed E-state index contributed by atoms with van der Waals surface area (Å²) >= 11 is 6.08. The molecule has 1 aromatic heterocycles. The Morgan fingerprint density at radius 1 is 1.28 bits per heavy atom. The molecule has 0 fully saturated rings. The standard InChI is InChI=1S/C18H20ClN3O3/c1-18(2,3)22(12-7-8-21-13(10-12)17(20)25)15(24)9-11-5-4-6-14(23)16(11)19/h4-8,10,23H,9H2,1-3H3,(H2,20,25). The molecule has 0 unspecified atom stereocenters. The fraction of sp³-hybridized carbons (Fsp3) is 0.278. The quantitative estimate of drug-likeness (QED) is 0.874. The van der Waals surface area contributed by atoms with Gasteiger partial charge in [-0.25, -0.2) is 0 Å². The topological polar surface area (TPSA) is 96.5 Å². The summed E-state index contributed by atoms with van der Waals surface area (Å²) in [6, 6.07) is 7.89. The predicted molar refractivity (Wildman–Crippen MR) is 96.8 cm³/mol. The Hall–Kier alpha value is -2.60. The number of aromatic nitrogens is 1. The highest BCUT2D eigenvalue weighted by Crippen LogP contribution is 2.30. The van der Waals surface area contributed by atoms with E-state index in [0.29, 0.717) is 11.3 Å². The van der Waals surface area contributed by atoms with Crippen LogP contribution in [0.1, 0.15) is 36.8 Å². The van der Waals surface area contributed by atoms with Crippen LogP contribution in [-0.2, 0) is 11.2 Å². The molecule has 0 bridgehead atoms. The molecule has 0 atom stereocenters. The Balaban J connectivity index is 2.41. The van der Waals surface area contributed by atoms with Crippen LogP contribution in [0.2, 0.25) is 5.02 Å². The van der Waals surface area contributed by atoms with Crippen molar-refractivity contribution in [3.63, 3.8) is 0 Å². The number of halogens is 1. The molecule has 2 amide bonds. The molecule has 2 rings (SSSR count). The molecular weight excluding hydrogens is 342 g/mol. The minimum absolute atomic E-state index is 0.00126. The van der Waals surface area contributed by atoms with Gasteiger partial charge in [0.2, 0.25) is 5.91 Å². The number of carbonyl (C=O) groups excluding carboxylic acids is 2. The van der Waals surface area contributed by atoms with Gasteiger partial charge in [-0.15, -0.1) is 0 Å². The summed E-state index contributed by atoms with van der Waals surface area (Å²) in [5, 5.41) is 9.86. The SMILES string of the molecule is CC(C)(C)N(C(=O)Cc1cccc(O)c1Cl)c1ccnc(C(N)=O)c1. The number of carbonyl (C=O) groups is 2. The van der Waals surface area contributed by atoms with Crippen molar-refractivity contribution in [2.24, 2.45) is 5.73 Å². The highest BCUT2D eigenvalue weighted by atomic mass is 35.5. The van der Waals surface area contributed by atoms with Gasteiger partial charge < -0.3 is 15.7 Å². The summed E-state index contributed by atoms with van der Waals surface area (Å²) in [6.07, 6.45) is 1.43. The number of primary amides is 1. The zero-order valence-corrected chi connectivity index (χ0v) is 15.0. The van der Waals surface area contributed by atoms with Crippen LogP contribution >= 0.6 is 11.6 Å². The Labute approximate surface area is 151 Å². The zero-order valence-electron chi connectivity index (χ0n) is 14.3. The van der Waals surface area contributed by atoms with Crippen molar-refractivity contribution < 1.29 is 14.7 Å². The molecule has 7 heteroatoms. The Bertz CT molecular complexity index is 815. The number of rotatable bonds is 4. The van der Waals surface area contributed by atoms with Crippen LogP contribution in [0.15, 0.2) is 36.5 Å². The number of aromatic hydroxyl groups is 1. The second-order valence-electron chi connectivity index (χ2n) is 6.59. The first-order chi connectivity index (χ1) is 11.6. The summed E-state index contributed by atoms with van der Waals surface area (Å²) in [4.78, 5) is 29.8. The molecule has 0 spiro atoms. The van der Waals surface area contributed by atoms with Crippen molar-refractivity contribution in [1.82, 2.24) is 4.98 Å². The third-order valence-corrected chi connectivity index (χ3v) is 4.01. The van der Waals surface area contributed by atoms with E-state index in [0.717, 1.165) is 0 Å². The molecule has 132 valence electrons. The fourth-order valence-corrected chi connectivity index (χ4v) is 2.74. The molecule has 2 aromatic rings. The molecule has 25 heavy (non-hydrogen) atoms. The van der Waals surface area contributed by atoms with Gasteiger partial charge in [0.1, 0.15) is 11.4 Å². The second-order valence-corrected chi connectivity index (χ2v) is 6.97. The van der Waals surface area contributed by atoms with Crippen LogP contribution in [-0.4, -0.2) is 27.4 Å². The van der Waals surface area contributed by atoms with Gasteiger partial charge in [0.15, 0.2) is 0 Å². The maximum absolute atomic E-state index is 13.0. The van der Waals surface area contributed by atoms with Gasteiger partial charge in [-0.3, -0.25) is 14.6 Å². The van der Waals surface area contributed by atoms with Crippen molar-refractivity contribution in [1.29, 1.82) is 0 Å². The number of amides is 2. The lowest BCUT2D eigenvalue weighted by atomic mass is 10.0. The first kappa shape index (κ1) is 18.7. The number of pyridine rings is 1. The van der Waals surface area contributed by atoms with Crippen LogP contribution in [0.4, 0.5) is 5.69 Å². The molecular formula is C18H20ClN3O3. The number of phenolic OH excluding ortho intramolecular Hbond substituents is 1. The lowest BCUT2D eigenvalue weighted by Crippen LogP contribution is -2.46. The molecule has 0 saturated carbocycles. The molecule has 0 aliphatic heterocycles. The summed E-state index contributed by atoms with van der Waals surface area (Å²) in [7, 11) is 0. The van der Waals surface area contributed by atoms with Crippen molar-refractivity contribution in [3.8, 4) is 5.75 Å². The smallest absolute Gasteiger partial charge is 0.267 e. The van der Waals surface area contributed by atoms with Gasteiger partial charge in [-0.2, -0.15) is 0 Å². The maximum atomic E-state index is 13.0. The summed E-state index contributed by atoms with van der Waals surface area (Å²) in [5.74, 6) is -0.977. The van der Waals surface area contributed by atoms with E-state index in [2.05, 4.69) is 4.98 Å². The second kappa shape index (κ2) is 7.11. The fourth-order valence-electron chi connectivity index (χ4n) is 2.54. The van der Waals surface area contributed by atoms with E-state index in [9.17, 15) is 14.7 Å². The van der Waals surface area contributed by atoms with Crippen LogP contribution in [0, 0.1) is 0 Å². The van der Waals surface area contributed by atoms with Gasteiger partial charge in [-0.1, -0.05) is 23.7 Å². The van der Waals surface area contributed by atoms with E-state index in [1.54, 1.807) is 23.1 Å². The predicted octanol–water partition coefficient (Wildman–Crippen LogP) is 2.91. The molecule has 1 heterocycles. The van der Waals surface area contributed by atoms with Crippen molar-refractivity contribution in [3.05, 3.63) is 52.8 Å². The minimum atomic E-state index is -0.667. The van der Waals surface area contributed by atoms with Crippen LogP contribution in [0.25, 0.3) is 0 Å². The molecule has 0 aliphatic rings. The van der Waals surface area contributed by atoms with Gasteiger partial charge in [0.05, 0.1) is 11.4 Å².